The van der Waals surface area contributed by atoms with Gasteiger partial charge >= 0.3 is 0 Å². The van der Waals surface area contributed by atoms with Crippen molar-refractivity contribution in [2.45, 2.75) is 59.0 Å². The van der Waals surface area contributed by atoms with Crippen LogP contribution in [0.5, 0.6) is 0 Å². The van der Waals surface area contributed by atoms with Crippen LogP contribution < -0.4 is 5.32 Å². The second kappa shape index (κ2) is 5.07. The number of amides is 2. The fourth-order valence-corrected chi connectivity index (χ4v) is 1.99. The molecule has 1 N–H and O–H groups in total. The molecule has 17 heavy (non-hydrogen) atoms. The van der Waals surface area contributed by atoms with E-state index in [0.29, 0.717) is 13.0 Å². The normalized spacial score (nSPS) is 22.8. The first-order valence-corrected chi connectivity index (χ1v) is 6.36. The predicted molar refractivity (Wildman–Crippen MR) is 67.5 cm³/mol. The van der Waals surface area contributed by atoms with Crippen LogP contribution in [0, 0.1) is 5.92 Å². The summed E-state index contributed by atoms with van der Waals surface area (Å²) in [6.07, 6.45) is 1.26. The van der Waals surface area contributed by atoms with Gasteiger partial charge in [-0.25, -0.2) is 0 Å². The summed E-state index contributed by atoms with van der Waals surface area (Å²) in [7, 11) is 0. The lowest BCUT2D eigenvalue weighted by Crippen LogP contribution is -2.43. The van der Waals surface area contributed by atoms with E-state index in [0.717, 1.165) is 6.42 Å². The molecule has 1 saturated heterocycles. The van der Waals surface area contributed by atoms with Crippen LogP contribution in [0.25, 0.3) is 0 Å². The molecule has 2 amide bonds. The number of hydrogen-bond donors (Lipinski definition) is 1. The van der Waals surface area contributed by atoms with E-state index in [4.69, 9.17) is 0 Å². The lowest BCUT2D eigenvalue weighted by Gasteiger charge is -2.32. The minimum atomic E-state index is -0.192. The third-order valence-electron chi connectivity index (χ3n) is 3.31. The zero-order valence-electron chi connectivity index (χ0n) is 11.5. The van der Waals surface area contributed by atoms with Crippen LogP contribution >= 0.6 is 0 Å². The van der Waals surface area contributed by atoms with Gasteiger partial charge in [-0.15, -0.1) is 0 Å². The second-order valence-electron chi connectivity index (χ2n) is 5.89. The molecule has 1 fully saturated rings. The van der Waals surface area contributed by atoms with Crippen molar-refractivity contribution in [1.29, 1.82) is 0 Å². The molecule has 0 saturated carbocycles. The highest BCUT2D eigenvalue weighted by molar-refractivity contribution is 5.89. The highest BCUT2D eigenvalue weighted by atomic mass is 16.2. The Labute approximate surface area is 104 Å². The Bertz CT molecular complexity index is 307. The van der Waals surface area contributed by atoms with Crippen molar-refractivity contribution in [3.8, 4) is 0 Å². The van der Waals surface area contributed by atoms with Crippen LogP contribution in [0.15, 0.2) is 0 Å². The Morgan fingerprint density at radius 1 is 1.53 bits per heavy atom. The number of nitrogens with one attached hydrogen (secondary N) is 1. The van der Waals surface area contributed by atoms with Gasteiger partial charge in [-0.1, -0.05) is 6.92 Å². The van der Waals surface area contributed by atoms with Crippen molar-refractivity contribution in [3.63, 3.8) is 0 Å². The van der Waals surface area contributed by atoms with Crippen LogP contribution in [0.3, 0.4) is 0 Å². The van der Waals surface area contributed by atoms with Gasteiger partial charge in [0.05, 0.1) is 5.92 Å². The Morgan fingerprint density at radius 2 is 2.12 bits per heavy atom. The summed E-state index contributed by atoms with van der Waals surface area (Å²) in [4.78, 5) is 25.6. The van der Waals surface area contributed by atoms with Crippen molar-refractivity contribution in [2.75, 3.05) is 6.54 Å². The third kappa shape index (κ3) is 3.45. The second-order valence-corrected chi connectivity index (χ2v) is 5.89. The SMILES string of the molecule is CC[C@H](C)NC(=O)[C@H]1CC(=O)N(C(C)(C)C)C1. The summed E-state index contributed by atoms with van der Waals surface area (Å²) < 4.78 is 0. The lowest BCUT2D eigenvalue weighted by molar-refractivity contribution is -0.132. The minimum Gasteiger partial charge on any atom is -0.353 e. The zero-order valence-corrected chi connectivity index (χ0v) is 11.5. The van der Waals surface area contributed by atoms with Crippen molar-refractivity contribution in [3.05, 3.63) is 0 Å². The monoisotopic (exact) mass is 240 g/mol. The predicted octanol–water partition coefficient (Wildman–Crippen LogP) is 1.55. The van der Waals surface area contributed by atoms with Gasteiger partial charge in [0, 0.05) is 24.5 Å². The molecule has 0 bridgehead atoms. The molecule has 0 radical (unpaired) electrons. The van der Waals surface area contributed by atoms with Crippen molar-refractivity contribution in [2.24, 2.45) is 5.92 Å². The molecule has 0 unspecified atom stereocenters. The Kier molecular flexibility index (Phi) is 4.17. The van der Waals surface area contributed by atoms with E-state index in [1.165, 1.54) is 0 Å². The zero-order chi connectivity index (χ0) is 13.2. The van der Waals surface area contributed by atoms with Crippen LogP contribution in [-0.4, -0.2) is 34.8 Å². The first-order chi connectivity index (χ1) is 7.75. The van der Waals surface area contributed by atoms with E-state index in [1.54, 1.807) is 4.90 Å². The highest BCUT2D eigenvalue weighted by Crippen LogP contribution is 2.25. The molecular weight excluding hydrogens is 216 g/mol. The third-order valence-corrected chi connectivity index (χ3v) is 3.31. The van der Waals surface area contributed by atoms with E-state index >= 15 is 0 Å². The molecule has 0 aromatic rings. The van der Waals surface area contributed by atoms with Gasteiger partial charge in [0.25, 0.3) is 0 Å². The highest BCUT2D eigenvalue weighted by Gasteiger charge is 2.39. The summed E-state index contributed by atoms with van der Waals surface area (Å²) >= 11 is 0. The lowest BCUT2D eigenvalue weighted by atomic mass is 10.1. The topological polar surface area (TPSA) is 49.4 Å². The van der Waals surface area contributed by atoms with E-state index < -0.39 is 0 Å². The van der Waals surface area contributed by atoms with Crippen LogP contribution in [-0.2, 0) is 9.59 Å². The molecule has 98 valence electrons. The summed E-state index contributed by atoms with van der Waals surface area (Å²) in [6.45, 7) is 10.6. The van der Waals surface area contributed by atoms with Crippen LogP contribution in [0.1, 0.15) is 47.5 Å². The number of rotatable bonds is 3. The molecule has 0 aliphatic carbocycles. The van der Waals surface area contributed by atoms with Gasteiger partial charge in [-0.3, -0.25) is 9.59 Å². The Balaban J connectivity index is 2.60. The van der Waals surface area contributed by atoms with E-state index in [9.17, 15) is 9.59 Å². The maximum Gasteiger partial charge on any atom is 0.225 e. The fraction of sp³-hybridized carbons (Fsp3) is 0.846. The molecule has 4 nitrogen and oxygen atoms in total. The quantitative estimate of drug-likeness (QED) is 0.813. The maximum absolute atomic E-state index is 11.9. The van der Waals surface area contributed by atoms with E-state index in [2.05, 4.69) is 5.32 Å². The summed E-state index contributed by atoms with van der Waals surface area (Å²) in [5.41, 5.74) is -0.192. The maximum atomic E-state index is 11.9. The molecule has 0 spiro atoms. The summed E-state index contributed by atoms with van der Waals surface area (Å²) in [6, 6.07) is 0.182. The Hall–Kier alpha value is -1.06. The summed E-state index contributed by atoms with van der Waals surface area (Å²) in [5, 5.41) is 2.95. The average molecular weight is 240 g/mol. The molecule has 1 aliphatic rings. The van der Waals surface area contributed by atoms with Gasteiger partial charge in [0.1, 0.15) is 0 Å². The fourth-order valence-electron chi connectivity index (χ4n) is 1.99. The molecular formula is C13H24N2O2. The molecule has 0 aromatic heterocycles. The van der Waals surface area contributed by atoms with Crippen molar-refractivity contribution >= 4 is 11.8 Å². The molecule has 4 heteroatoms. The van der Waals surface area contributed by atoms with Gasteiger partial charge in [-0.05, 0) is 34.1 Å². The first-order valence-electron chi connectivity index (χ1n) is 6.36. The number of likely N-dealkylation sites (tertiary alicyclic amines) is 1. The van der Waals surface area contributed by atoms with Gasteiger partial charge in [0.15, 0.2) is 0 Å². The Morgan fingerprint density at radius 3 is 2.53 bits per heavy atom. The van der Waals surface area contributed by atoms with Crippen LogP contribution in [0.2, 0.25) is 0 Å². The van der Waals surface area contributed by atoms with Crippen molar-refractivity contribution in [1.82, 2.24) is 10.2 Å². The van der Waals surface area contributed by atoms with Gasteiger partial charge in [0.2, 0.25) is 11.8 Å². The number of hydrogen-bond acceptors (Lipinski definition) is 2. The van der Waals surface area contributed by atoms with Gasteiger partial charge < -0.3 is 10.2 Å². The molecule has 1 heterocycles. The van der Waals surface area contributed by atoms with Gasteiger partial charge in [-0.2, -0.15) is 0 Å². The molecule has 0 aromatic carbocycles. The summed E-state index contributed by atoms with van der Waals surface area (Å²) in [5.74, 6) is -0.0861. The number of carbonyl (C=O) groups excluding carboxylic acids is 2. The van der Waals surface area contributed by atoms with E-state index in [1.807, 2.05) is 34.6 Å². The van der Waals surface area contributed by atoms with Crippen LogP contribution in [0.4, 0.5) is 0 Å². The standard InChI is InChI=1S/C13H24N2O2/c1-6-9(2)14-12(17)10-7-11(16)15(8-10)13(3,4)5/h9-10H,6-8H2,1-5H3,(H,14,17)/t9-,10-/m0/s1. The van der Waals surface area contributed by atoms with Crippen molar-refractivity contribution < 1.29 is 9.59 Å². The average Bonchev–Trinajstić information content (AvgIpc) is 2.59. The molecule has 1 rings (SSSR count). The first kappa shape index (κ1) is 14.0. The number of nitrogens with zero attached hydrogens (tertiary/aromatic N) is 1. The molecule has 1 aliphatic heterocycles. The van der Waals surface area contributed by atoms with E-state index in [-0.39, 0.29) is 29.3 Å². The molecule has 2 atom stereocenters. The smallest absolute Gasteiger partial charge is 0.225 e. The number of carbonyl (C=O) groups is 2. The largest absolute Gasteiger partial charge is 0.353 e. The minimum absolute atomic E-state index is 0.0134.